The molecule has 0 aromatic heterocycles. The predicted octanol–water partition coefficient (Wildman–Crippen LogP) is 2.04. The standard InChI is InChI=1S/C13H23NO2S/c15-11-6-2-3-7-12(11)17-10-13(16)14-8-4-1-5-9-14/h11-12,15H,1-10H2. The van der Waals surface area contributed by atoms with Crippen LogP contribution in [0.25, 0.3) is 0 Å². The number of aliphatic hydroxyl groups is 1. The predicted molar refractivity (Wildman–Crippen MR) is 71.2 cm³/mol. The minimum absolute atomic E-state index is 0.192. The molecular weight excluding hydrogens is 234 g/mol. The molecule has 0 radical (unpaired) electrons. The number of carbonyl (C=O) groups excluding carboxylic acids is 1. The summed E-state index contributed by atoms with van der Waals surface area (Å²) in [5.41, 5.74) is 0. The van der Waals surface area contributed by atoms with Gasteiger partial charge < -0.3 is 10.0 Å². The highest BCUT2D eigenvalue weighted by molar-refractivity contribution is 8.00. The van der Waals surface area contributed by atoms with Crippen molar-refractivity contribution in [3.8, 4) is 0 Å². The van der Waals surface area contributed by atoms with Crippen LogP contribution in [0.1, 0.15) is 44.9 Å². The lowest BCUT2D eigenvalue weighted by atomic mass is 9.97. The van der Waals surface area contributed by atoms with E-state index in [1.807, 2.05) is 4.90 Å². The van der Waals surface area contributed by atoms with Gasteiger partial charge in [0.2, 0.25) is 5.91 Å². The van der Waals surface area contributed by atoms with Crippen LogP contribution in [0.4, 0.5) is 0 Å². The van der Waals surface area contributed by atoms with Gasteiger partial charge in [0.1, 0.15) is 0 Å². The van der Waals surface area contributed by atoms with Crippen LogP contribution in [-0.2, 0) is 4.79 Å². The molecular formula is C13H23NO2S. The number of rotatable bonds is 3. The van der Waals surface area contributed by atoms with Crippen molar-refractivity contribution in [2.24, 2.45) is 0 Å². The second-order valence-electron chi connectivity index (χ2n) is 5.14. The van der Waals surface area contributed by atoms with Crippen LogP contribution < -0.4 is 0 Å². The molecule has 1 amide bonds. The molecule has 0 bridgehead atoms. The van der Waals surface area contributed by atoms with Gasteiger partial charge in [-0.1, -0.05) is 12.8 Å². The van der Waals surface area contributed by atoms with Crippen molar-refractivity contribution in [2.75, 3.05) is 18.8 Å². The Morgan fingerprint density at radius 1 is 1.12 bits per heavy atom. The normalized spacial score (nSPS) is 30.3. The molecule has 1 saturated carbocycles. The fraction of sp³-hybridized carbons (Fsp3) is 0.923. The maximum Gasteiger partial charge on any atom is 0.232 e. The van der Waals surface area contributed by atoms with Crippen molar-refractivity contribution in [1.82, 2.24) is 4.90 Å². The highest BCUT2D eigenvalue weighted by Gasteiger charge is 2.25. The summed E-state index contributed by atoms with van der Waals surface area (Å²) < 4.78 is 0. The Kier molecular flexibility index (Phi) is 5.16. The quantitative estimate of drug-likeness (QED) is 0.841. The summed E-state index contributed by atoms with van der Waals surface area (Å²) in [7, 11) is 0. The van der Waals surface area contributed by atoms with Crippen LogP contribution in [0, 0.1) is 0 Å². The van der Waals surface area contributed by atoms with Crippen molar-refractivity contribution < 1.29 is 9.90 Å². The van der Waals surface area contributed by atoms with Crippen molar-refractivity contribution in [1.29, 1.82) is 0 Å². The Hall–Kier alpha value is -0.220. The first-order valence-corrected chi connectivity index (χ1v) is 7.89. The number of aliphatic hydroxyl groups excluding tert-OH is 1. The number of thioether (sulfide) groups is 1. The Labute approximate surface area is 108 Å². The maximum atomic E-state index is 12.0. The third-order valence-electron chi connectivity index (χ3n) is 3.80. The Bertz CT molecular complexity index is 254. The van der Waals surface area contributed by atoms with Crippen LogP contribution >= 0.6 is 11.8 Å². The second kappa shape index (κ2) is 6.64. The van der Waals surface area contributed by atoms with Gasteiger partial charge in [-0.15, -0.1) is 11.8 Å². The molecule has 2 fully saturated rings. The molecule has 2 rings (SSSR count). The summed E-state index contributed by atoms with van der Waals surface area (Å²) in [6.45, 7) is 1.87. The SMILES string of the molecule is O=C(CSC1CCCCC1O)N1CCCCC1. The lowest BCUT2D eigenvalue weighted by molar-refractivity contribution is -0.129. The van der Waals surface area contributed by atoms with E-state index in [1.165, 1.54) is 12.8 Å². The van der Waals surface area contributed by atoms with Gasteiger partial charge in [-0.3, -0.25) is 4.79 Å². The molecule has 1 saturated heterocycles. The molecule has 1 aliphatic carbocycles. The minimum Gasteiger partial charge on any atom is -0.392 e. The van der Waals surface area contributed by atoms with Crippen molar-refractivity contribution >= 4 is 17.7 Å². The smallest absolute Gasteiger partial charge is 0.232 e. The summed E-state index contributed by atoms with van der Waals surface area (Å²) in [6.07, 6.45) is 7.70. The van der Waals surface area contributed by atoms with E-state index < -0.39 is 0 Å². The second-order valence-corrected chi connectivity index (χ2v) is 6.37. The first kappa shape index (κ1) is 13.2. The number of carbonyl (C=O) groups is 1. The summed E-state index contributed by atoms with van der Waals surface area (Å²) in [4.78, 5) is 14.0. The van der Waals surface area contributed by atoms with Crippen LogP contribution in [0.5, 0.6) is 0 Å². The molecule has 1 aliphatic heterocycles. The first-order chi connectivity index (χ1) is 8.27. The number of piperidine rings is 1. The molecule has 2 aliphatic rings. The molecule has 0 aromatic carbocycles. The summed E-state index contributed by atoms with van der Waals surface area (Å²) in [6, 6.07) is 0. The van der Waals surface area contributed by atoms with Crippen LogP contribution in [0.2, 0.25) is 0 Å². The van der Waals surface area contributed by atoms with E-state index in [-0.39, 0.29) is 17.3 Å². The van der Waals surface area contributed by atoms with Gasteiger partial charge >= 0.3 is 0 Å². The number of amides is 1. The van der Waals surface area contributed by atoms with E-state index in [9.17, 15) is 9.90 Å². The molecule has 98 valence electrons. The molecule has 0 aromatic rings. The van der Waals surface area contributed by atoms with E-state index in [0.717, 1.165) is 45.2 Å². The molecule has 2 unspecified atom stereocenters. The molecule has 0 spiro atoms. The average Bonchev–Trinajstić information content (AvgIpc) is 2.38. The van der Waals surface area contributed by atoms with Gasteiger partial charge in [0.25, 0.3) is 0 Å². The van der Waals surface area contributed by atoms with E-state index in [4.69, 9.17) is 0 Å². The zero-order chi connectivity index (χ0) is 12.1. The fourth-order valence-electron chi connectivity index (χ4n) is 2.68. The van der Waals surface area contributed by atoms with Crippen LogP contribution in [0.3, 0.4) is 0 Å². The monoisotopic (exact) mass is 257 g/mol. The Balaban J connectivity index is 1.71. The summed E-state index contributed by atoms with van der Waals surface area (Å²) in [5, 5.41) is 10.1. The summed E-state index contributed by atoms with van der Waals surface area (Å²) in [5.74, 6) is 0.828. The average molecular weight is 257 g/mol. The van der Waals surface area contributed by atoms with Crippen molar-refractivity contribution in [2.45, 2.75) is 56.3 Å². The van der Waals surface area contributed by atoms with Gasteiger partial charge in [0.15, 0.2) is 0 Å². The van der Waals surface area contributed by atoms with Crippen molar-refractivity contribution in [3.05, 3.63) is 0 Å². The van der Waals surface area contributed by atoms with Crippen LogP contribution in [-0.4, -0.2) is 46.1 Å². The van der Waals surface area contributed by atoms with Gasteiger partial charge in [0.05, 0.1) is 11.9 Å². The van der Waals surface area contributed by atoms with E-state index in [1.54, 1.807) is 11.8 Å². The zero-order valence-electron chi connectivity index (χ0n) is 10.4. The Morgan fingerprint density at radius 2 is 1.82 bits per heavy atom. The van der Waals surface area contributed by atoms with Gasteiger partial charge in [-0.2, -0.15) is 0 Å². The van der Waals surface area contributed by atoms with Gasteiger partial charge in [-0.25, -0.2) is 0 Å². The fourth-order valence-corrected chi connectivity index (χ4v) is 3.92. The minimum atomic E-state index is -0.192. The number of hydrogen-bond donors (Lipinski definition) is 1. The van der Waals surface area contributed by atoms with Gasteiger partial charge in [-0.05, 0) is 32.1 Å². The number of likely N-dealkylation sites (tertiary alicyclic amines) is 1. The number of nitrogens with zero attached hydrogens (tertiary/aromatic N) is 1. The molecule has 4 heteroatoms. The van der Waals surface area contributed by atoms with E-state index >= 15 is 0 Å². The largest absolute Gasteiger partial charge is 0.392 e. The summed E-state index contributed by atoms with van der Waals surface area (Å²) >= 11 is 1.67. The zero-order valence-corrected chi connectivity index (χ0v) is 11.3. The highest BCUT2D eigenvalue weighted by atomic mass is 32.2. The first-order valence-electron chi connectivity index (χ1n) is 6.85. The van der Waals surface area contributed by atoms with E-state index in [0.29, 0.717) is 5.75 Å². The lowest BCUT2D eigenvalue weighted by Gasteiger charge is -2.29. The third-order valence-corrected chi connectivity index (χ3v) is 5.19. The maximum absolute atomic E-state index is 12.0. The molecule has 2 atom stereocenters. The number of hydrogen-bond acceptors (Lipinski definition) is 3. The molecule has 1 heterocycles. The Morgan fingerprint density at radius 3 is 2.53 bits per heavy atom. The van der Waals surface area contributed by atoms with E-state index in [2.05, 4.69) is 0 Å². The molecule has 3 nitrogen and oxygen atoms in total. The lowest BCUT2D eigenvalue weighted by Crippen LogP contribution is -2.38. The highest BCUT2D eigenvalue weighted by Crippen LogP contribution is 2.29. The third kappa shape index (κ3) is 3.88. The van der Waals surface area contributed by atoms with Crippen molar-refractivity contribution in [3.63, 3.8) is 0 Å². The molecule has 17 heavy (non-hydrogen) atoms. The van der Waals surface area contributed by atoms with Gasteiger partial charge in [0, 0.05) is 18.3 Å². The topological polar surface area (TPSA) is 40.5 Å². The van der Waals surface area contributed by atoms with Crippen LogP contribution in [0.15, 0.2) is 0 Å². The molecule has 1 N–H and O–H groups in total.